The van der Waals surface area contributed by atoms with Gasteiger partial charge in [0.05, 0.1) is 19.8 Å². The Morgan fingerprint density at radius 1 is 1.05 bits per heavy atom. The van der Waals surface area contributed by atoms with E-state index in [4.69, 9.17) is 21.1 Å². The Labute approximate surface area is 123 Å². The predicted molar refractivity (Wildman–Crippen MR) is 79.8 cm³/mol. The van der Waals surface area contributed by atoms with Crippen molar-refractivity contribution in [1.29, 1.82) is 0 Å². The van der Waals surface area contributed by atoms with E-state index in [-0.39, 0.29) is 0 Å². The highest BCUT2D eigenvalue weighted by Crippen LogP contribution is 2.37. The van der Waals surface area contributed by atoms with Crippen LogP contribution in [0.1, 0.15) is 22.8 Å². The van der Waals surface area contributed by atoms with E-state index in [1.54, 1.807) is 38.5 Å². The molecule has 0 bridgehead atoms. The van der Waals surface area contributed by atoms with Gasteiger partial charge in [-0.1, -0.05) is 29.8 Å². The Hall–Kier alpha value is -1.71. The molecule has 3 nitrogen and oxygen atoms in total. The summed E-state index contributed by atoms with van der Waals surface area (Å²) in [7, 11) is 3.14. The molecule has 2 aromatic carbocycles. The number of hydrogen-bond donors (Lipinski definition) is 1. The first-order chi connectivity index (χ1) is 9.58. The van der Waals surface area contributed by atoms with Crippen LogP contribution in [0.4, 0.5) is 0 Å². The lowest BCUT2D eigenvalue weighted by Gasteiger charge is -2.19. The van der Waals surface area contributed by atoms with Gasteiger partial charge in [0, 0.05) is 5.02 Å². The summed E-state index contributed by atoms with van der Waals surface area (Å²) < 4.78 is 10.6. The summed E-state index contributed by atoms with van der Waals surface area (Å²) in [4.78, 5) is 0. The molecule has 0 heterocycles. The fraction of sp³-hybridized carbons (Fsp3) is 0.250. The van der Waals surface area contributed by atoms with Gasteiger partial charge in [-0.15, -0.1) is 0 Å². The number of rotatable bonds is 4. The zero-order valence-corrected chi connectivity index (χ0v) is 12.4. The molecule has 0 radical (unpaired) electrons. The Bertz CT molecular complexity index is 588. The van der Waals surface area contributed by atoms with Crippen molar-refractivity contribution in [1.82, 2.24) is 0 Å². The largest absolute Gasteiger partial charge is 0.496 e. The maximum atomic E-state index is 10.6. The molecular weight excluding hydrogens is 276 g/mol. The van der Waals surface area contributed by atoms with Crippen LogP contribution in [0.2, 0.25) is 5.02 Å². The molecule has 20 heavy (non-hydrogen) atoms. The Kier molecular flexibility index (Phi) is 4.53. The summed E-state index contributed by atoms with van der Waals surface area (Å²) in [5, 5.41) is 11.3. The van der Waals surface area contributed by atoms with E-state index in [1.807, 2.05) is 19.1 Å². The molecule has 0 fully saturated rings. The van der Waals surface area contributed by atoms with Gasteiger partial charge in [0.1, 0.15) is 17.6 Å². The minimum absolute atomic E-state index is 0.587. The Balaban J connectivity index is 2.51. The second-order valence-corrected chi connectivity index (χ2v) is 4.89. The van der Waals surface area contributed by atoms with Crippen LogP contribution in [0.3, 0.4) is 0 Å². The summed E-state index contributed by atoms with van der Waals surface area (Å²) in [6.45, 7) is 1.90. The molecule has 0 spiro atoms. The van der Waals surface area contributed by atoms with Gasteiger partial charge >= 0.3 is 0 Å². The van der Waals surface area contributed by atoms with Crippen molar-refractivity contribution in [2.45, 2.75) is 13.0 Å². The van der Waals surface area contributed by atoms with Gasteiger partial charge in [-0.2, -0.15) is 0 Å². The smallest absolute Gasteiger partial charge is 0.128 e. The number of ether oxygens (including phenoxy) is 2. The van der Waals surface area contributed by atoms with Gasteiger partial charge in [-0.05, 0) is 36.2 Å². The summed E-state index contributed by atoms with van der Waals surface area (Å²) in [5.41, 5.74) is 2.27. The summed E-state index contributed by atoms with van der Waals surface area (Å²) >= 11 is 6.02. The normalized spacial score (nSPS) is 12.1. The molecule has 1 N–H and O–H groups in total. The first-order valence-electron chi connectivity index (χ1n) is 6.23. The SMILES string of the molecule is COc1cccc(OC)c1C(O)c1ccc(Cl)c(C)c1. The minimum atomic E-state index is -0.836. The highest BCUT2D eigenvalue weighted by Gasteiger charge is 2.20. The van der Waals surface area contributed by atoms with E-state index in [9.17, 15) is 5.11 Å². The molecule has 1 unspecified atom stereocenters. The average Bonchev–Trinajstić information content (AvgIpc) is 2.48. The lowest BCUT2D eigenvalue weighted by atomic mass is 9.98. The highest BCUT2D eigenvalue weighted by atomic mass is 35.5. The van der Waals surface area contributed by atoms with E-state index in [0.717, 1.165) is 11.1 Å². The van der Waals surface area contributed by atoms with Gasteiger partial charge in [-0.25, -0.2) is 0 Å². The average molecular weight is 293 g/mol. The molecule has 0 aliphatic carbocycles. The third-order valence-corrected chi connectivity index (χ3v) is 3.66. The van der Waals surface area contributed by atoms with Crippen LogP contribution in [-0.2, 0) is 0 Å². The molecule has 0 aliphatic rings. The standard InChI is InChI=1S/C16H17ClO3/c1-10-9-11(7-8-12(10)17)16(18)15-13(19-2)5-4-6-14(15)20-3/h4-9,16,18H,1-3H3. The van der Waals surface area contributed by atoms with Crippen molar-refractivity contribution in [2.24, 2.45) is 0 Å². The lowest BCUT2D eigenvalue weighted by molar-refractivity contribution is 0.208. The van der Waals surface area contributed by atoms with Crippen molar-refractivity contribution in [3.05, 3.63) is 58.1 Å². The van der Waals surface area contributed by atoms with Crippen LogP contribution < -0.4 is 9.47 Å². The van der Waals surface area contributed by atoms with Crippen LogP contribution in [0, 0.1) is 6.92 Å². The molecule has 1 atom stereocenters. The third-order valence-electron chi connectivity index (χ3n) is 3.24. The number of aliphatic hydroxyl groups excluding tert-OH is 1. The van der Waals surface area contributed by atoms with Crippen molar-refractivity contribution in [3.63, 3.8) is 0 Å². The molecular formula is C16H17ClO3. The maximum absolute atomic E-state index is 10.6. The van der Waals surface area contributed by atoms with Gasteiger partial charge < -0.3 is 14.6 Å². The topological polar surface area (TPSA) is 38.7 Å². The summed E-state index contributed by atoms with van der Waals surface area (Å²) in [6.07, 6.45) is -0.836. The Morgan fingerprint density at radius 3 is 2.15 bits per heavy atom. The zero-order valence-electron chi connectivity index (χ0n) is 11.7. The molecule has 106 valence electrons. The molecule has 4 heteroatoms. The van der Waals surface area contributed by atoms with Gasteiger partial charge in [0.2, 0.25) is 0 Å². The van der Waals surface area contributed by atoms with Crippen LogP contribution in [0.5, 0.6) is 11.5 Å². The van der Waals surface area contributed by atoms with Crippen molar-refractivity contribution < 1.29 is 14.6 Å². The Morgan fingerprint density at radius 2 is 1.65 bits per heavy atom. The monoisotopic (exact) mass is 292 g/mol. The van der Waals surface area contributed by atoms with Crippen molar-refractivity contribution in [2.75, 3.05) is 14.2 Å². The number of benzene rings is 2. The zero-order chi connectivity index (χ0) is 14.7. The van der Waals surface area contributed by atoms with E-state index >= 15 is 0 Å². The molecule has 0 amide bonds. The van der Waals surface area contributed by atoms with E-state index < -0.39 is 6.10 Å². The number of hydrogen-bond acceptors (Lipinski definition) is 3. The quantitative estimate of drug-likeness (QED) is 0.933. The summed E-state index contributed by atoms with van der Waals surface area (Å²) in [6, 6.07) is 10.8. The first-order valence-corrected chi connectivity index (χ1v) is 6.61. The fourth-order valence-electron chi connectivity index (χ4n) is 2.15. The van der Waals surface area contributed by atoms with Crippen LogP contribution >= 0.6 is 11.6 Å². The first kappa shape index (κ1) is 14.7. The minimum Gasteiger partial charge on any atom is -0.496 e. The van der Waals surface area contributed by atoms with Gasteiger partial charge in [0.25, 0.3) is 0 Å². The molecule has 0 saturated carbocycles. The van der Waals surface area contributed by atoms with Crippen molar-refractivity contribution in [3.8, 4) is 11.5 Å². The van der Waals surface area contributed by atoms with Crippen LogP contribution in [0.25, 0.3) is 0 Å². The number of aryl methyl sites for hydroxylation is 1. The van der Waals surface area contributed by atoms with Gasteiger partial charge in [0.15, 0.2) is 0 Å². The molecule has 0 aromatic heterocycles. The highest BCUT2D eigenvalue weighted by molar-refractivity contribution is 6.31. The molecule has 0 saturated heterocycles. The molecule has 0 aliphatic heterocycles. The van der Waals surface area contributed by atoms with Crippen molar-refractivity contribution >= 4 is 11.6 Å². The number of aliphatic hydroxyl groups is 1. The van der Waals surface area contributed by atoms with Gasteiger partial charge in [-0.3, -0.25) is 0 Å². The third kappa shape index (κ3) is 2.74. The number of methoxy groups -OCH3 is 2. The molecule has 2 aromatic rings. The summed E-state index contributed by atoms with van der Waals surface area (Å²) in [5.74, 6) is 1.17. The fourth-order valence-corrected chi connectivity index (χ4v) is 2.27. The second-order valence-electron chi connectivity index (χ2n) is 4.49. The van der Waals surface area contributed by atoms with E-state index in [0.29, 0.717) is 22.1 Å². The van der Waals surface area contributed by atoms with Crippen LogP contribution in [0.15, 0.2) is 36.4 Å². The van der Waals surface area contributed by atoms with E-state index in [2.05, 4.69) is 0 Å². The maximum Gasteiger partial charge on any atom is 0.128 e. The second kappa shape index (κ2) is 6.16. The molecule has 2 rings (SSSR count). The number of halogens is 1. The predicted octanol–water partition coefficient (Wildman–Crippen LogP) is 3.75. The lowest BCUT2D eigenvalue weighted by Crippen LogP contribution is -2.05. The van der Waals surface area contributed by atoms with Crippen LogP contribution in [-0.4, -0.2) is 19.3 Å². The van der Waals surface area contributed by atoms with E-state index in [1.165, 1.54) is 0 Å².